The summed E-state index contributed by atoms with van der Waals surface area (Å²) in [5, 5.41) is 15.4. The number of nitrogens with one attached hydrogen (secondary N) is 1. The van der Waals surface area contributed by atoms with Gasteiger partial charge >= 0.3 is 0 Å². The number of hydrogen-bond acceptors (Lipinski definition) is 7. The van der Waals surface area contributed by atoms with Crippen LogP contribution in [0.3, 0.4) is 0 Å². The Morgan fingerprint density at radius 2 is 1.74 bits per heavy atom. The molecular weight excluding hydrogens is 551 g/mol. The first kappa shape index (κ1) is 29.2. The maximum atomic E-state index is 14.1. The molecule has 0 aliphatic heterocycles. The van der Waals surface area contributed by atoms with Crippen LogP contribution in [0.1, 0.15) is 34.3 Å². The Balaban J connectivity index is 1.49. The second-order valence-corrected chi connectivity index (χ2v) is 10.1. The number of tetrazole rings is 1. The van der Waals surface area contributed by atoms with E-state index in [1.165, 1.54) is 29.2 Å². The number of ether oxygens (including phenoxy) is 1. The molecule has 0 aliphatic rings. The van der Waals surface area contributed by atoms with Crippen LogP contribution in [-0.2, 0) is 22.7 Å². The Kier molecular flexibility index (Phi) is 8.61. The first-order chi connectivity index (χ1) is 20.7. The normalized spacial score (nSPS) is 11.7. The Labute approximate surface area is 248 Å². The molecule has 43 heavy (non-hydrogen) atoms. The number of rotatable bonds is 10. The minimum atomic E-state index is -1.14. The van der Waals surface area contributed by atoms with Crippen molar-refractivity contribution in [3.8, 4) is 17.1 Å². The van der Waals surface area contributed by atoms with Gasteiger partial charge in [0.15, 0.2) is 6.04 Å². The molecule has 0 radical (unpaired) electrons. The molecule has 0 bridgehead atoms. The summed E-state index contributed by atoms with van der Waals surface area (Å²) >= 11 is 0. The van der Waals surface area contributed by atoms with Crippen LogP contribution in [-0.4, -0.2) is 39.1 Å². The first-order valence-corrected chi connectivity index (χ1v) is 13.6. The van der Waals surface area contributed by atoms with Crippen LogP contribution < -0.4 is 15.0 Å². The number of halogens is 1. The van der Waals surface area contributed by atoms with Gasteiger partial charge in [-0.15, -0.1) is 10.2 Å². The average molecular weight is 583 g/mol. The molecule has 11 heteroatoms. The molecule has 2 heterocycles. The van der Waals surface area contributed by atoms with Crippen molar-refractivity contribution in [2.75, 3.05) is 12.0 Å². The zero-order chi connectivity index (χ0) is 30.5. The van der Waals surface area contributed by atoms with E-state index in [1.54, 1.807) is 32.2 Å². The number of anilines is 1. The number of amides is 2. The lowest BCUT2D eigenvalue weighted by Crippen LogP contribution is -2.45. The molecule has 220 valence electrons. The van der Waals surface area contributed by atoms with E-state index in [9.17, 15) is 14.0 Å². The van der Waals surface area contributed by atoms with Gasteiger partial charge in [-0.3, -0.25) is 14.5 Å². The summed E-state index contributed by atoms with van der Waals surface area (Å²) in [6, 6.07) is 20.9. The number of aromatic nitrogens is 4. The minimum absolute atomic E-state index is 0.222. The van der Waals surface area contributed by atoms with Crippen molar-refractivity contribution < 1.29 is 23.1 Å². The van der Waals surface area contributed by atoms with Crippen molar-refractivity contribution in [3.63, 3.8) is 0 Å². The Morgan fingerprint density at radius 3 is 2.40 bits per heavy atom. The maximum Gasteiger partial charge on any atom is 0.251 e. The van der Waals surface area contributed by atoms with Crippen LogP contribution in [0.5, 0.6) is 5.75 Å². The standard InChI is InChI=1S/C32H31FN6O4/c1-20-5-15-27(21(2)17-20)39(29(40)19-38-36-31(35-37-38)24-9-11-25(33)12-10-24)30(28-16-6-22(3)43-28)32(41)34-18-23-7-13-26(42-4)14-8-23/h5-17,30H,18-19H2,1-4H3,(H,34,41)/t30-/m0/s1. The van der Waals surface area contributed by atoms with E-state index in [-0.39, 0.29) is 24.7 Å². The van der Waals surface area contributed by atoms with Gasteiger partial charge in [0, 0.05) is 17.8 Å². The van der Waals surface area contributed by atoms with Crippen LogP contribution in [0.15, 0.2) is 83.3 Å². The molecular formula is C32H31FN6O4. The van der Waals surface area contributed by atoms with Gasteiger partial charge in [-0.25, -0.2) is 4.39 Å². The van der Waals surface area contributed by atoms with E-state index in [2.05, 4.69) is 20.7 Å². The first-order valence-electron chi connectivity index (χ1n) is 13.6. The van der Waals surface area contributed by atoms with Crippen LogP contribution >= 0.6 is 0 Å². The van der Waals surface area contributed by atoms with Crippen LogP contribution in [0, 0.1) is 26.6 Å². The molecule has 2 aromatic heterocycles. The zero-order valence-corrected chi connectivity index (χ0v) is 24.2. The third-order valence-corrected chi connectivity index (χ3v) is 6.88. The molecule has 0 saturated heterocycles. The Hall–Kier alpha value is -5.32. The SMILES string of the molecule is COc1ccc(CNC(=O)[C@H](c2ccc(C)o2)N(C(=O)Cn2nnc(-c3ccc(F)cc3)n2)c2ccc(C)cc2C)cc1. The summed E-state index contributed by atoms with van der Waals surface area (Å²) in [6.07, 6.45) is 0. The number of methoxy groups -OCH3 is 1. The van der Waals surface area contributed by atoms with Crippen molar-refractivity contribution in [1.82, 2.24) is 25.5 Å². The number of benzene rings is 3. The number of hydrogen-bond donors (Lipinski definition) is 1. The minimum Gasteiger partial charge on any atom is -0.497 e. The number of nitrogens with zero attached hydrogens (tertiary/aromatic N) is 5. The molecule has 5 rings (SSSR count). The largest absolute Gasteiger partial charge is 0.497 e. The van der Waals surface area contributed by atoms with E-state index < -0.39 is 17.9 Å². The smallest absolute Gasteiger partial charge is 0.251 e. The maximum absolute atomic E-state index is 14.1. The van der Waals surface area contributed by atoms with Crippen LogP contribution in [0.4, 0.5) is 10.1 Å². The predicted molar refractivity (Wildman–Crippen MR) is 158 cm³/mol. The van der Waals surface area contributed by atoms with Gasteiger partial charge in [-0.1, -0.05) is 29.8 Å². The highest BCUT2D eigenvalue weighted by molar-refractivity contribution is 6.01. The second-order valence-electron chi connectivity index (χ2n) is 10.1. The fraction of sp³-hybridized carbons (Fsp3) is 0.219. The van der Waals surface area contributed by atoms with Crippen LogP contribution in [0.2, 0.25) is 0 Å². The van der Waals surface area contributed by atoms with Crippen molar-refractivity contribution >= 4 is 17.5 Å². The van der Waals surface area contributed by atoms with Gasteiger partial charge in [-0.05, 0) is 91.7 Å². The third-order valence-electron chi connectivity index (χ3n) is 6.88. The summed E-state index contributed by atoms with van der Waals surface area (Å²) in [5.41, 5.74) is 3.74. The molecule has 0 saturated carbocycles. The number of carbonyl (C=O) groups excluding carboxylic acids is 2. The summed E-state index contributed by atoms with van der Waals surface area (Å²) in [6.45, 7) is 5.51. The van der Waals surface area contributed by atoms with Crippen molar-refractivity contribution in [2.24, 2.45) is 0 Å². The number of furan rings is 1. The number of carbonyl (C=O) groups is 2. The lowest BCUT2D eigenvalue weighted by atomic mass is 10.1. The fourth-order valence-electron chi connectivity index (χ4n) is 4.72. The van der Waals surface area contributed by atoms with Gasteiger partial charge in [0.1, 0.15) is 29.6 Å². The highest BCUT2D eigenvalue weighted by Gasteiger charge is 2.36. The van der Waals surface area contributed by atoms with Crippen molar-refractivity contribution in [3.05, 3.63) is 113 Å². The van der Waals surface area contributed by atoms with Crippen molar-refractivity contribution in [2.45, 2.75) is 39.9 Å². The lowest BCUT2D eigenvalue weighted by molar-refractivity contribution is -0.127. The molecule has 0 fully saturated rings. The Morgan fingerprint density at radius 1 is 1.00 bits per heavy atom. The third kappa shape index (κ3) is 6.78. The molecule has 3 aromatic carbocycles. The van der Waals surface area contributed by atoms with E-state index in [1.807, 2.05) is 50.2 Å². The summed E-state index contributed by atoms with van der Waals surface area (Å²) < 4.78 is 24.6. The van der Waals surface area contributed by atoms with Gasteiger partial charge in [-0.2, -0.15) is 4.80 Å². The molecule has 1 N–H and O–H groups in total. The zero-order valence-electron chi connectivity index (χ0n) is 24.2. The molecule has 0 unspecified atom stereocenters. The van der Waals surface area contributed by atoms with Gasteiger partial charge in [0.05, 0.1) is 7.11 Å². The molecule has 1 atom stereocenters. The van der Waals surface area contributed by atoms with E-state index >= 15 is 0 Å². The van der Waals surface area contributed by atoms with E-state index in [4.69, 9.17) is 9.15 Å². The molecule has 5 aromatic rings. The molecule has 0 spiro atoms. The second kappa shape index (κ2) is 12.7. The highest BCUT2D eigenvalue weighted by Crippen LogP contribution is 2.32. The average Bonchev–Trinajstić information content (AvgIpc) is 3.64. The van der Waals surface area contributed by atoms with Crippen molar-refractivity contribution in [1.29, 1.82) is 0 Å². The van der Waals surface area contributed by atoms with Gasteiger partial charge < -0.3 is 14.5 Å². The van der Waals surface area contributed by atoms with Gasteiger partial charge in [0.25, 0.3) is 11.8 Å². The summed E-state index contributed by atoms with van der Waals surface area (Å²) in [7, 11) is 1.59. The fourth-order valence-corrected chi connectivity index (χ4v) is 4.72. The Bertz CT molecular complexity index is 1730. The van der Waals surface area contributed by atoms with E-state index in [0.29, 0.717) is 28.5 Å². The summed E-state index contributed by atoms with van der Waals surface area (Å²) in [5.74, 6) is 0.552. The molecule has 10 nitrogen and oxygen atoms in total. The molecule has 2 amide bonds. The number of aryl methyl sites for hydroxylation is 3. The highest BCUT2D eigenvalue weighted by atomic mass is 19.1. The lowest BCUT2D eigenvalue weighted by Gasteiger charge is -2.31. The van der Waals surface area contributed by atoms with Crippen LogP contribution in [0.25, 0.3) is 11.4 Å². The predicted octanol–water partition coefficient (Wildman–Crippen LogP) is 5.10. The van der Waals surface area contributed by atoms with Gasteiger partial charge in [0.2, 0.25) is 5.82 Å². The van der Waals surface area contributed by atoms with E-state index in [0.717, 1.165) is 21.5 Å². The summed E-state index contributed by atoms with van der Waals surface area (Å²) in [4.78, 5) is 30.6. The monoisotopic (exact) mass is 582 g/mol. The molecule has 0 aliphatic carbocycles. The topological polar surface area (TPSA) is 115 Å². The quantitative estimate of drug-likeness (QED) is 0.244.